The van der Waals surface area contributed by atoms with E-state index in [1.54, 1.807) is 0 Å². The van der Waals surface area contributed by atoms with E-state index in [1.165, 1.54) is 5.56 Å². The zero-order chi connectivity index (χ0) is 13.7. The van der Waals surface area contributed by atoms with Gasteiger partial charge in [0, 0.05) is 26.2 Å². The largest absolute Gasteiger partial charge is 0.491 e. The molecule has 1 aliphatic rings. The quantitative estimate of drug-likeness (QED) is 0.904. The standard InChI is InChI=1S/C15H24N2O2.ClH/c1-12(2)19-14-5-3-4-13(8-14)10-17-6-7-18-15(9-16)11-17;/h3-5,8,12,15H,6-7,9-11,16H2,1-2H3;1H. The van der Waals surface area contributed by atoms with Gasteiger partial charge in [0.2, 0.25) is 0 Å². The first-order valence-corrected chi connectivity index (χ1v) is 6.97. The molecule has 0 bridgehead atoms. The number of hydrogen-bond acceptors (Lipinski definition) is 4. The fourth-order valence-electron chi connectivity index (χ4n) is 2.31. The zero-order valence-electron chi connectivity index (χ0n) is 12.2. The Hall–Kier alpha value is -0.810. The number of benzene rings is 1. The monoisotopic (exact) mass is 300 g/mol. The third-order valence-electron chi connectivity index (χ3n) is 3.16. The highest BCUT2D eigenvalue weighted by molar-refractivity contribution is 5.85. The summed E-state index contributed by atoms with van der Waals surface area (Å²) in [6, 6.07) is 8.31. The fraction of sp³-hybridized carbons (Fsp3) is 0.600. The first kappa shape index (κ1) is 17.2. The molecule has 0 aromatic heterocycles. The lowest BCUT2D eigenvalue weighted by Crippen LogP contribution is -2.45. The number of morpholine rings is 1. The van der Waals surface area contributed by atoms with Crippen LogP contribution in [0.1, 0.15) is 19.4 Å². The van der Waals surface area contributed by atoms with Crippen molar-refractivity contribution in [3.63, 3.8) is 0 Å². The topological polar surface area (TPSA) is 47.7 Å². The van der Waals surface area contributed by atoms with E-state index in [-0.39, 0.29) is 24.6 Å². The minimum Gasteiger partial charge on any atom is -0.491 e. The van der Waals surface area contributed by atoms with Gasteiger partial charge in [0.25, 0.3) is 0 Å². The van der Waals surface area contributed by atoms with Gasteiger partial charge in [-0.1, -0.05) is 12.1 Å². The Balaban J connectivity index is 0.00000200. The highest BCUT2D eigenvalue weighted by atomic mass is 35.5. The normalized spacial score (nSPS) is 19.7. The molecule has 1 saturated heterocycles. The van der Waals surface area contributed by atoms with Crippen LogP contribution in [0.2, 0.25) is 0 Å². The second kappa shape index (κ2) is 8.47. The predicted octanol–water partition coefficient (Wildman–Crippen LogP) is 2.06. The Morgan fingerprint density at radius 1 is 1.45 bits per heavy atom. The van der Waals surface area contributed by atoms with E-state index in [9.17, 15) is 0 Å². The van der Waals surface area contributed by atoms with E-state index in [4.69, 9.17) is 15.2 Å². The van der Waals surface area contributed by atoms with E-state index < -0.39 is 0 Å². The Kier molecular flexibility index (Phi) is 7.30. The fourth-order valence-corrected chi connectivity index (χ4v) is 2.31. The predicted molar refractivity (Wildman–Crippen MR) is 83.5 cm³/mol. The summed E-state index contributed by atoms with van der Waals surface area (Å²) >= 11 is 0. The van der Waals surface area contributed by atoms with Gasteiger partial charge in [-0.2, -0.15) is 0 Å². The molecule has 0 amide bonds. The summed E-state index contributed by atoms with van der Waals surface area (Å²) in [6.45, 7) is 8.24. The molecule has 1 heterocycles. The lowest BCUT2D eigenvalue weighted by molar-refractivity contribution is -0.0260. The van der Waals surface area contributed by atoms with E-state index in [0.717, 1.165) is 32.0 Å². The first-order valence-electron chi connectivity index (χ1n) is 6.97. The molecular weight excluding hydrogens is 276 g/mol. The second-order valence-corrected chi connectivity index (χ2v) is 5.28. The maximum atomic E-state index is 5.72. The number of halogens is 1. The molecule has 1 atom stereocenters. The molecule has 0 radical (unpaired) electrons. The van der Waals surface area contributed by atoms with Crippen molar-refractivity contribution in [1.82, 2.24) is 4.90 Å². The molecule has 1 aromatic rings. The van der Waals surface area contributed by atoms with E-state index >= 15 is 0 Å². The van der Waals surface area contributed by atoms with Crippen molar-refractivity contribution in [3.8, 4) is 5.75 Å². The van der Waals surface area contributed by atoms with Gasteiger partial charge in [0.05, 0.1) is 18.8 Å². The minimum atomic E-state index is 0. The molecule has 1 aliphatic heterocycles. The molecule has 2 rings (SSSR count). The van der Waals surface area contributed by atoms with Crippen LogP contribution in [0.5, 0.6) is 5.75 Å². The second-order valence-electron chi connectivity index (χ2n) is 5.28. The van der Waals surface area contributed by atoms with Gasteiger partial charge >= 0.3 is 0 Å². The first-order chi connectivity index (χ1) is 9.17. The summed E-state index contributed by atoms with van der Waals surface area (Å²) < 4.78 is 11.3. The van der Waals surface area contributed by atoms with Crippen molar-refractivity contribution in [3.05, 3.63) is 29.8 Å². The molecule has 0 saturated carbocycles. The number of nitrogens with two attached hydrogens (primary N) is 1. The average Bonchev–Trinajstić information content (AvgIpc) is 2.38. The summed E-state index contributed by atoms with van der Waals surface area (Å²) in [4.78, 5) is 2.38. The Labute approximate surface area is 127 Å². The van der Waals surface area contributed by atoms with Crippen molar-refractivity contribution in [2.45, 2.75) is 32.6 Å². The summed E-state index contributed by atoms with van der Waals surface area (Å²) in [5, 5.41) is 0. The lowest BCUT2D eigenvalue weighted by atomic mass is 10.1. The van der Waals surface area contributed by atoms with E-state index in [0.29, 0.717) is 6.54 Å². The third kappa shape index (κ3) is 5.29. The highest BCUT2D eigenvalue weighted by Gasteiger charge is 2.19. The molecule has 4 nitrogen and oxygen atoms in total. The van der Waals surface area contributed by atoms with Gasteiger partial charge < -0.3 is 15.2 Å². The van der Waals surface area contributed by atoms with Crippen LogP contribution in [0.3, 0.4) is 0 Å². The van der Waals surface area contributed by atoms with Gasteiger partial charge in [-0.05, 0) is 31.5 Å². The van der Waals surface area contributed by atoms with Gasteiger partial charge in [-0.3, -0.25) is 4.90 Å². The van der Waals surface area contributed by atoms with Crippen LogP contribution in [0.4, 0.5) is 0 Å². The van der Waals surface area contributed by atoms with E-state index in [2.05, 4.69) is 17.0 Å². The van der Waals surface area contributed by atoms with Crippen LogP contribution in [-0.2, 0) is 11.3 Å². The molecule has 2 N–H and O–H groups in total. The molecular formula is C15H25ClN2O2. The molecule has 5 heteroatoms. The lowest BCUT2D eigenvalue weighted by Gasteiger charge is -2.32. The molecule has 1 unspecified atom stereocenters. The van der Waals surface area contributed by atoms with Gasteiger partial charge in [0.1, 0.15) is 5.75 Å². The zero-order valence-corrected chi connectivity index (χ0v) is 13.1. The van der Waals surface area contributed by atoms with Gasteiger partial charge in [-0.25, -0.2) is 0 Å². The van der Waals surface area contributed by atoms with Gasteiger partial charge in [-0.15, -0.1) is 12.4 Å². The smallest absolute Gasteiger partial charge is 0.120 e. The molecule has 0 spiro atoms. The SMILES string of the molecule is CC(C)Oc1cccc(CN2CCOC(CN)C2)c1.Cl. The molecule has 114 valence electrons. The number of ether oxygens (including phenoxy) is 2. The molecule has 1 aromatic carbocycles. The summed E-state index contributed by atoms with van der Waals surface area (Å²) in [5.41, 5.74) is 6.94. The van der Waals surface area contributed by atoms with Crippen LogP contribution >= 0.6 is 12.4 Å². The Bertz CT molecular complexity index is 401. The molecule has 0 aliphatic carbocycles. The summed E-state index contributed by atoms with van der Waals surface area (Å²) in [7, 11) is 0. The average molecular weight is 301 g/mol. The maximum absolute atomic E-state index is 5.72. The van der Waals surface area contributed by atoms with Crippen molar-refractivity contribution in [2.75, 3.05) is 26.2 Å². The summed E-state index contributed by atoms with van der Waals surface area (Å²) in [5.74, 6) is 0.941. The summed E-state index contributed by atoms with van der Waals surface area (Å²) in [6.07, 6.45) is 0.379. The Morgan fingerprint density at radius 2 is 2.25 bits per heavy atom. The van der Waals surface area contributed by atoms with Crippen LogP contribution in [-0.4, -0.2) is 43.3 Å². The maximum Gasteiger partial charge on any atom is 0.120 e. The van der Waals surface area contributed by atoms with Crippen LogP contribution in [0.25, 0.3) is 0 Å². The van der Waals surface area contributed by atoms with Crippen LogP contribution < -0.4 is 10.5 Å². The van der Waals surface area contributed by atoms with Crippen molar-refractivity contribution >= 4 is 12.4 Å². The Morgan fingerprint density at radius 3 is 2.95 bits per heavy atom. The number of rotatable bonds is 5. The van der Waals surface area contributed by atoms with Crippen molar-refractivity contribution < 1.29 is 9.47 Å². The van der Waals surface area contributed by atoms with E-state index in [1.807, 2.05) is 26.0 Å². The van der Waals surface area contributed by atoms with Crippen LogP contribution in [0, 0.1) is 0 Å². The highest BCUT2D eigenvalue weighted by Crippen LogP contribution is 2.17. The number of hydrogen-bond donors (Lipinski definition) is 1. The van der Waals surface area contributed by atoms with Gasteiger partial charge in [0.15, 0.2) is 0 Å². The third-order valence-corrected chi connectivity index (χ3v) is 3.16. The van der Waals surface area contributed by atoms with Crippen LogP contribution in [0.15, 0.2) is 24.3 Å². The number of nitrogens with zero attached hydrogens (tertiary/aromatic N) is 1. The van der Waals surface area contributed by atoms with Crippen molar-refractivity contribution in [1.29, 1.82) is 0 Å². The molecule has 1 fully saturated rings. The van der Waals surface area contributed by atoms with Crippen molar-refractivity contribution in [2.24, 2.45) is 5.73 Å². The minimum absolute atomic E-state index is 0. The molecule has 20 heavy (non-hydrogen) atoms.